The molecule has 1 amide bonds. The van der Waals surface area contributed by atoms with Gasteiger partial charge in [0.05, 0.1) is 17.3 Å². The number of amides is 1. The third-order valence-electron chi connectivity index (χ3n) is 6.21. The number of benzene rings is 3. The molecule has 0 fully saturated rings. The van der Waals surface area contributed by atoms with Gasteiger partial charge < -0.3 is 16.0 Å². The Morgan fingerprint density at radius 1 is 0.846 bits per heavy atom. The van der Waals surface area contributed by atoms with Gasteiger partial charge in [-0.2, -0.15) is 0 Å². The molecule has 0 aliphatic carbocycles. The van der Waals surface area contributed by atoms with Crippen LogP contribution in [0.2, 0.25) is 0 Å². The van der Waals surface area contributed by atoms with E-state index >= 15 is 0 Å². The van der Waals surface area contributed by atoms with Gasteiger partial charge >= 0.3 is 0 Å². The Morgan fingerprint density at radius 2 is 1.33 bits per heavy atom. The van der Waals surface area contributed by atoms with Crippen molar-refractivity contribution in [1.82, 2.24) is 20.0 Å². The number of aromatic nitrogens is 2. The number of carbonyl (C=O) groups is 1. The summed E-state index contributed by atoms with van der Waals surface area (Å²) < 4.78 is 1.25. The van der Waals surface area contributed by atoms with Gasteiger partial charge in [-0.1, -0.05) is 114 Å². The Hall–Kier alpha value is -3.30. The van der Waals surface area contributed by atoms with Crippen molar-refractivity contribution in [3.05, 3.63) is 118 Å². The molecule has 0 saturated heterocycles. The topological polar surface area (TPSA) is 80.1 Å². The van der Waals surface area contributed by atoms with E-state index in [4.69, 9.17) is 47.0 Å². The highest BCUT2D eigenvalue weighted by Crippen LogP contribution is 2.31. The van der Waals surface area contributed by atoms with Crippen LogP contribution in [0.3, 0.4) is 0 Å². The Morgan fingerprint density at radius 3 is 1.82 bits per heavy atom. The van der Waals surface area contributed by atoms with E-state index in [-0.39, 0.29) is 16.4 Å². The standard InChI is InChI=1S/C28H26Cl3N5O2S/c1-18-23(25(38)36(35(18)2)21-16-10-5-11-17-21)32-27(39)34-26(28(29,30)31)33-24(37)22(19-12-6-3-7-13-19)20-14-8-4-9-15-20/h3-17,22,26H,1-2H3,(H,33,37)(H2,32,34,39). The summed E-state index contributed by atoms with van der Waals surface area (Å²) in [6, 6.07) is 27.8. The molecular formula is C28H26Cl3N5O2S. The van der Waals surface area contributed by atoms with Crippen LogP contribution in [-0.2, 0) is 11.8 Å². The van der Waals surface area contributed by atoms with E-state index in [1.54, 1.807) is 18.7 Å². The Labute approximate surface area is 246 Å². The number of carbonyl (C=O) groups excluding carboxylic acids is 1. The first-order valence-corrected chi connectivity index (χ1v) is 13.5. The lowest BCUT2D eigenvalue weighted by Crippen LogP contribution is -2.57. The highest BCUT2D eigenvalue weighted by molar-refractivity contribution is 7.80. The smallest absolute Gasteiger partial charge is 0.295 e. The molecule has 0 radical (unpaired) electrons. The fourth-order valence-electron chi connectivity index (χ4n) is 4.20. The maximum Gasteiger partial charge on any atom is 0.295 e. The van der Waals surface area contributed by atoms with E-state index < -0.39 is 21.8 Å². The summed E-state index contributed by atoms with van der Waals surface area (Å²) in [7, 11) is 1.77. The number of nitrogens with zero attached hydrogens (tertiary/aromatic N) is 2. The molecule has 4 rings (SSSR count). The number of halogens is 3. The number of anilines is 1. The van der Waals surface area contributed by atoms with Crippen molar-refractivity contribution in [1.29, 1.82) is 0 Å². The molecule has 0 aliphatic rings. The molecule has 0 bridgehead atoms. The van der Waals surface area contributed by atoms with Gasteiger partial charge in [0.25, 0.3) is 5.56 Å². The molecule has 3 aromatic carbocycles. The average molecular weight is 603 g/mol. The SMILES string of the molecule is Cc1c(NC(=S)NC(NC(=O)C(c2ccccc2)c2ccccc2)C(Cl)(Cl)Cl)c(=O)n(-c2ccccc2)n1C. The molecule has 39 heavy (non-hydrogen) atoms. The third-order valence-corrected chi connectivity index (χ3v) is 7.08. The summed E-state index contributed by atoms with van der Waals surface area (Å²) in [5, 5.41) is 8.54. The zero-order chi connectivity index (χ0) is 28.2. The van der Waals surface area contributed by atoms with Gasteiger partial charge in [-0.15, -0.1) is 0 Å². The minimum atomic E-state index is -1.98. The average Bonchev–Trinajstić information content (AvgIpc) is 3.12. The quantitative estimate of drug-likeness (QED) is 0.150. The summed E-state index contributed by atoms with van der Waals surface area (Å²) in [5.41, 5.74) is 2.81. The van der Waals surface area contributed by atoms with Crippen LogP contribution in [0.15, 0.2) is 95.8 Å². The zero-order valence-electron chi connectivity index (χ0n) is 21.1. The van der Waals surface area contributed by atoms with Crippen molar-refractivity contribution >= 4 is 63.7 Å². The number of hydrogen-bond donors (Lipinski definition) is 3. The van der Waals surface area contributed by atoms with Crippen LogP contribution in [0.25, 0.3) is 5.69 Å². The fourth-order valence-corrected chi connectivity index (χ4v) is 4.75. The molecule has 1 atom stereocenters. The van der Waals surface area contributed by atoms with Crippen molar-refractivity contribution in [2.45, 2.75) is 22.8 Å². The zero-order valence-corrected chi connectivity index (χ0v) is 24.2. The van der Waals surface area contributed by atoms with Crippen molar-refractivity contribution in [3.8, 4) is 5.69 Å². The molecule has 1 heterocycles. The van der Waals surface area contributed by atoms with Crippen molar-refractivity contribution in [3.63, 3.8) is 0 Å². The third kappa shape index (κ3) is 6.65. The Balaban J connectivity index is 1.57. The van der Waals surface area contributed by atoms with Gasteiger partial charge in [0, 0.05) is 7.05 Å². The maximum absolute atomic E-state index is 13.6. The number of thiocarbonyl (C=S) groups is 1. The van der Waals surface area contributed by atoms with Gasteiger partial charge in [0.15, 0.2) is 5.11 Å². The first kappa shape index (κ1) is 28.7. The maximum atomic E-state index is 13.6. The summed E-state index contributed by atoms with van der Waals surface area (Å²) in [6.45, 7) is 1.78. The van der Waals surface area contributed by atoms with Crippen LogP contribution in [-0.4, -0.2) is 30.3 Å². The lowest BCUT2D eigenvalue weighted by molar-refractivity contribution is -0.122. The van der Waals surface area contributed by atoms with E-state index in [0.29, 0.717) is 11.4 Å². The van der Waals surface area contributed by atoms with Crippen LogP contribution in [0.4, 0.5) is 5.69 Å². The van der Waals surface area contributed by atoms with E-state index in [0.717, 1.165) is 11.1 Å². The lowest BCUT2D eigenvalue weighted by Gasteiger charge is -2.29. The van der Waals surface area contributed by atoms with E-state index in [2.05, 4.69) is 16.0 Å². The molecule has 0 spiro atoms. The van der Waals surface area contributed by atoms with E-state index in [1.807, 2.05) is 91.0 Å². The summed E-state index contributed by atoms with van der Waals surface area (Å²) in [5.74, 6) is -1.07. The van der Waals surface area contributed by atoms with Crippen LogP contribution in [0.5, 0.6) is 0 Å². The predicted octanol–water partition coefficient (Wildman–Crippen LogP) is 5.42. The minimum Gasteiger partial charge on any atom is -0.339 e. The normalized spacial score (nSPS) is 12.2. The lowest BCUT2D eigenvalue weighted by atomic mass is 9.90. The summed E-state index contributed by atoms with van der Waals surface area (Å²) in [6.07, 6.45) is -1.22. The second-order valence-corrected chi connectivity index (χ2v) is 11.5. The molecule has 0 aliphatic heterocycles. The molecule has 0 saturated carbocycles. The molecule has 1 aromatic heterocycles. The Bertz CT molecular complexity index is 1460. The first-order chi connectivity index (χ1) is 18.6. The highest BCUT2D eigenvalue weighted by atomic mass is 35.6. The molecule has 202 valence electrons. The molecule has 4 aromatic rings. The highest BCUT2D eigenvalue weighted by Gasteiger charge is 2.37. The fraction of sp³-hybridized carbons (Fsp3) is 0.179. The molecule has 7 nitrogen and oxygen atoms in total. The largest absolute Gasteiger partial charge is 0.339 e. The predicted molar refractivity (Wildman–Crippen MR) is 162 cm³/mol. The number of para-hydroxylation sites is 1. The first-order valence-electron chi connectivity index (χ1n) is 12.0. The second-order valence-electron chi connectivity index (χ2n) is 8.77. The van der Waals surface area contributed by atoms with Gasteiger partial charge in [-0.05, 0) is 42.4 Å². The molecular weight excluding hydrogens is 577 g/mol. The monoisotopic (exact) mass is 601 g/mol. The van der Waals surface area contributed by atoms with Crippen LogP contribution >= 0.6 is 47.0 Å². The number of nitrogens with one attached hydrogen (secondary N) is 3. The number of hydrogen-bond acceptors (Lipinski definition) is 3. The van der Waals surface area contributed by atoms with E-state index in [1.165, 1.54) is 4.68 Å². The summed E-state index contributed by atoms with van der Waals surface area (Å²) >= 11 is 24.2. The van der Waals surface area contributed by atoms with Crippen molar-refractivity contribution in [2.75, 3.05) is 5.32 Å². The number of alkyl halides is 3. The number of rotatable bonds is 7. The van der Waals surface area contributed by atoms with Crippen molar-refractivity contribution in [2.24, 2.45) is 7.05 Å². The van der Waals surface area contributed by atoms with Gasteiger partial charge in [0.2, 0.25) is 9.70 Å². The van der Waals surface area contributed by atoms with Gasteiger partial charge in [-0.3, -0.25) is 14.3 Å². The molecule has 11 heteroatoms. The van der Waals surface area contributed by atoms with Crippen LogP contribution in [0.1, 0.15) is 22.7 Å². The van der Waals surface area contributed by atoms with Crippen LogP contribution < -0.4 is 21.5 Å². The molecule has 3 N–H and O–H groups in total. The van der Waals surface area contributed by atoms with Gasteiger partial charge in [-0.25, -0.2) is 4.68 Å². The van der Waals surface area contributed by atoms with Gasteiger partial charge in [0.1, 0.15) is 11.9 Å². The van der Waals surface area contributed by atoms with Crippen LogP contribution in [0, 0.1) is 6.92 Å². The minimum absolute atomic E-state index is 0.00592. The second kappa shape index (κ2) is 12.3. The van der Waals surface area contributed by atoms with E-state index in [9.17, 15) is 9.59 Å². The summed E-state index contributed by atoms with van der Waals surface area (Å²) in [4.78, 5) is 26.9. The molecule has 1 unspecified atom stereocenters. The Kier molecular flexibility index (Phi) is 9.02. The van der Waals surface area contributed by atoms with Crippen molar-refractivity contribution < 1.29 is 4.79 Å².